The molecule has 3 amide bonds. The van der Waals surface area contributed by atoms with Gasteiger partial charge in [0.25, 0.3) is 0 Å². The van der Waals surface area contributed by atoms with Crippen LogP contribution in [0.15, 0.2) is 48.5 Å². The first-order valence-electron chi connectivity index (χ1n) is 13.6. The quantitative estimate of drug-likeness (QED) is 0.201. The highest BCUT2D eigenvalue weighted by Crippen LogP contribution is 2.39. The Morgan fingerprint density at radius 1 is 0.721 bits per heavy atom. The van der Waals surface area contributed by atoms with Gasteiger partial charge in [0.15, 0.2) is 0 Å². The fourth-order valence-corrected chi connectivity index (χ4v) is 5.12. The van der Waals surface area contributed by atoms with E-state index in [0.29, 0.717) is 13.0 Å². The molecule has 1 aliphatic rings. The second-order valence-corrected chi connectivity index (χ2v) is 11.4. The minimum Gasteiger partial charge on any atom is -0.493 e. The van der Waals surface area contributed by atoms with Crippen molar-refractivity contribution < 1.29 is 53.5 Å². The van der Waals surface area contributed by atoms with Gasteiger partial charge in [-0.05, 0) is 30.2 Å². The molecule has 0 spiro atoms. The molecule has 0 radical (unpaired) electrons. The van der Waals surface area contributed by atoms with E-state index >= 15 is 0 Å². The number of nitrogens with zero attached hydrogens (tertiary/aromatic N) is 4. The highest BCUT2D eigenvalue weighted by atomic mass is 31.2. The Bertz CT molecular complexity index is 1250. The number of rotatable bonds is 9. The van der Waals surface area contributed by atoms with E-state index in [1.54, 1.807) is 6.07 Å². The zero-order chi connectivity index (χ0) is 31.4. The van der Waals surface area contributed by atoms with Gasteiger partial charge in [-0.15, -0.1) is 0 Å². The molecule has 0 bridgehead atoms. The number of hydrogen-bond acceptors (Lipinski definition) is 7. The van der Waals surface area contributed by atoms with Crippen LogP contribution in [0.4, 0.5) is 14.4 Å². The van der Waals surface area contributed by atoms with Gasteiger partial charge in [0.05, 0.1) is 6.61 Å². The van der Waals surface area contributed by atoms with Crippen LogP contribution in [0.25, 0.3) is 0 Å². The van der Waals surface area contributed by atoms with Crippen LogP contribution in [0.5, 0.6) is 11.5 Å². The lowest BCUT2D eigenvalue weighted by Crippen LogP contribution is -2.49. The monoisotopic (exact) mass is 624 g/mol. The predicted molar refractivity (Wildman–Crippen MR) is 154 cm³/mol. The number of ether oxygens (including phenoxy) is 2. The van der Waals surface area contributed by atoms with Crippen LogP contribution in [0.1, 0.15) is 12.0 Å². The molecule has 0 atom stereocenters. The van der Waals surface area contributed by atoms with Gasteiger partial charge in [0.1, 0.15) is 23.4 Å². The first-order valence-corrected chi connectivity index (χ1v) is 15.2. The minimum atomic E-state index is -4.70. The van der Waals surface area contributed by atoms with Crippen molar-refractivity contribution in [3.8, 4) is 11.5 Å². The summed E-state index contributed by atoms with van der Waals surface area (Å²) in [6.45, 7) is 1.01. The molecule has 1 heterocycles. The smallest absolute Gasteiger partial charge is 0.407 e. The molecular formula is C27H37N4O11P. The predicted octanol–water partition coefficient (Wildman–Crippen LogP) is 2.09. The first kappa shape index (κ1) is 33.5. The Morgan fingerprint density at radius 3 is 1.72 bits per heavy atom. The third-order valence-electron chi connectivity index (χ3n) is 6.83. The molecule has 0 unspecified atom stereocenters. The Balaban J connectivity index is 1.62. The molecule has 5 N–H and O–H groups in total. The minimum absolute atomic E-state index is 0.00572. The molecule has 0 aliphatic carbocycles. The van der Waals surface area contributed by atoms with Crippen LogP contribution in [-0.4, -0.2) is 128 Å². The second-order valence-electron chi connectivity index (χ2n) is 9.80. The van der Waals surface area contributed by atoms with Crippen LogP contribution in [0.3, 0.4) is 0 Å². The van der Waals surface area contributed by atoms with Gasteiger partial charge in [0, 0.05) is 58.9 Å². The van der Waals surface area contributed by atoms with Crippen molar-refractivity contribution >= 4 is 31.2 Å². The fraction of sp³-hybridized carbons (Fsp3) is 0.444. The van der Waals surface area contributed by atoms with Crippen molar-refractivity contribution in [2.75, 3.05) is 65.5 Å². The van der Waals surface area contributed by atoms with Crippen molar-refractivity contribution in [2.45, 2.75) is 13.0 Å². The van der Waals surface area contributed by atoms with Gasteiger partial charge in [-0.2, -0.15) is 0 Å². The topological polar surface area (TPSA) is 201 Å². The Labute approximate surface area is 248 Å². The fourth-order valence-electron chi connectivity index (χ4n) is 4.40. The third kappa shape index (κ3) is 10.9. The average Bonchev–Trinajstić information content (AvgIpc) is 2.95. The van der Waals surface area contributed by atoms with E-state index in [2.05, 4.69) is 0 Å². The van der Waals surface area contributed by atoms with Gasteiger partial charge in [-0.25, -0.2) is 14.4 Å². The van der Waals surface area contributed by atoms with Gasteiger partial charge < -0.3 is 49.3 Å². The average molecular weight is 625 g/mol. The van der Waals surface area contributed by atoms with E-state index in [1.807, 2.05) is 35.2 Å². The molecule has 16 heteroatoms. The lowest BCUT2D eigenvalue weighted by Gasteiger charge is -2.32. The summed E-state index contributed by atoms with van der Waals surface area (Å²) in [4.78, 5) is 59.9. The van der Waals surface area contributed by atoms with E-state index < -0.39 is 25.9 Å². The summed E-state index contributed by atoms with van der Waals surface area (Å²) in [6.07, 6.45) is -3.26. The summed E-state index contributed by atoms with van der Waals surface area (Å²) in [7, 11) is -4.70. The van der Waals surface area contributed by atoms with Gasteiger partial charge in [0.2, 0.25) is 0 Å². The normalized spacial score (nSPS) is 15.7. The molecule has 3 rings (SSSR count). The molecule has 2 aromatic rings. The largest absolute Gasteiger partial charge is 0.493 e. The number of amides is 3. The highest BCUT2D eigenvalue weighted by Gasteiger charge is 2.25. The number of carboxylic acid groups (broad SMARTS) is 3. The highest BCUT2D eigenvalue weighted by molar-refractivity contribution is 7.60. The molecular weight excluding hydrogens is 587 g/mol. The first-order chi connectivity index (χ1) is 20.4. The Kier molecular flexibility index (Phi) is 12.4. The molecule has 15 nitrogen and oxygen atoms in total. The van der Waals surface area contributed by atoms with Crippen molar-refractivity contribution in [1.29, 1.82) is 0 Å². The summed E-state index contributed by atoms with van der Waals surface area (Å²) in [5, 5.41) is 28.2. The van der Waals surface area contributed by atoms with Gasteiger partial charge >= 0.3 is 25.9 Å². The molecule has 43 heavy (non-hydrogen) atoms. The lowest BCUT2D eigenvalue weighted by molar-refractivity contribution is 0.0976. The van der Waals surface area contributed by atoms with Crippen molar-refractivity contribution in [3.63, 3.8) is 0 Å². The van der Waals surface area contributed by atoms with Crippen LogP contribution < -0.4 is 14.8 Å². The second kappa shape index (κ2) is 16.0. The Hall–Kier alpha value is -4.04. The van der Waals surface area contributed by atoms with Crippen LogP contribution in [0.2, 0.25) is 0 Å². The van der Waals surface area contributed by atoms with Crippen LogP contribution >= 0.6 is 7.60 Å². The number of carbonyl (C=O) groups is 3. The zero-order valence-electron chi connectivity index (χ0n) is 23.5. The zero-order valence-corrected chi connectivity index (χ0v) is 24.4. The van der Waals surface area contributed by atoms with E-state index in [9.17, 15) is 44.1 Å². The van der Waals surface area contributed by atoms with Crippen molar-refractivity contribution in [1.82, 2.24) is 19.6 Å². The summed E-state index contributed by atoms with van der Waals surface area (Å²) < 4.78 is 23.6. The molecule has 0 saturated carbocycles. The summed E-state index contributed by atoms with van der Waals surface area (Å²) in [5.74, 6) is 0.275. The van der Waals surface area contributed by atoms with E-state index in [-0.39, 0.29) is 82.4 Å². The molecule has 1 saturated heterocycles. The molecule has 236 valence electrons. The Morgan fingerprint density at radius 2 is 1.23 bits per heavy atom. The SMILES string of the molecule is O=C(O)N1CCN(CCCOc2ccc(OCc3ccccc3)cc2P(=O)(O)O)CCN(C(=O)O)CCN(C(=O)O)CC1. The third-order valence-corrected chi connectivity index (χ3v) is 7.81. The maximum absolute atomic E-state index is 12.2. The lowest BCUT2D eigenvalue weighted by atomic mass is 10.2. The standard InChI is InChI=1S/C27H37N4O11P/c32-25(33)29-12-10-28(11-13-30(26(34)35)15-17-31(16-14-29)27(36)37)9-4-18-41-23-8-7-22(19-24(23)43(38,39)40)42-20-21-5-2-1-3-6-21/h1-3,5-8,19H,4,9-18,20H2,(H,32,33)(H,34,35)(H,36,37)(H2,38,39,40). The van der Waals surface area contributed by atoms with E-state index in [4.69, 9.17) is 9.47 Å². The number of benzene rings is 2. The van der Waals surface area contributed by atoms with Crippen molar-refractivity contribution in [2.24, 2.45) is 0 Å². The summed E-state index contributed by atoms with van der Waals surface area (Å²) in [5.41, 5.74) is 0.891. The van der Waals surface area contributed by atoms with Crippen LogP contribution in [0, 0.1) is 0 Å². The van der Waals surface area contributed by atoms with Gasteiger partial charge in [-0.3, -0.25) is 9.46 Å². The molecule has 0 aromatic heterocycles. The molecule has 1 fully saturated rings. The van der Waals surface area contributed by atoms with Gasteiger partial charge in [-0.1, -0.05) is 30.3 Å². The maximum Gasteiger partial charge on any atom is 0.407 e. The van der Waals surface area contributed by atoms with Crippen LogP contribution in [-0.2, 0) is 11.2 Å². The van der Waals surface area contributed by atoms with Crippen molar-refractivity contribution in [3.05, 3.63) is 54.1 Å². The molecule has 1 aliphatic heterocycles. The van der Waals surface area contributed by atoms with E-state index in [0.717, 1.165) is 20.3 Å². The van der Waals surface area contributed by atoms with E-state index in [1.165, 1.54) is 12.1 Å². The maximum atomic E-state index is 12.2. The number of hydrogen-bond donors (Lipinski definition) is 5. The summed E-state index contributed by atoms with van der Waals surface area (Å²) in [6, 6.07) is 13.6. The summed E-state index contributed by atoms with van der Waals surface area (Å²) >= 11 is 0. The molecule has 2 aromatic carbocycles.